The van der Waals surface area contributed by atoms with Crippen LogP contribution in [0.15, 0.2) is 23.1 Å². The van der Waals surface area contributed by atoms with E-state index in [1.807, 2.05) is 26.8 Å². The molecule has 6 heteroatoms. The standard InChI is InChI=1S/C13H17ClN2O2S/c1-4-13(3,5-2)16-19(17,18)12-8-10(9-15)6-7-11(12)14/h6-8,16H,4-5H2,1-3H3. The van der Waals surface area contributed by atoms with Crippen LogP contribution in [-0.4, -0.2) is 14.0 Å². The minimum Gasteiger partial charge on any atom is -0.207 e. The molecule has 19 heavy (non-hydrogen) atoms. The van der Waals surface area contributed by atoms with Gasteiger partial charge in [-0.25, -0.2) is 13.1 Å². The fourth-order valence-electron chi connectivity index (χ4n) is 1.55. The Bertz CT molecular complexity index is 602. The maximum Gasteiger partial charge on any atom is 0.242 e. The highest BCUT2D eigenvalue weighted by atomic mass is 35.5. The SMILES string of the molecule is CCC(C)(CC)NS(=O)(=O)c1cc(C#N)ccc1Cl. The number of benzene rings is 1. The van der Waals surface area contributed by atoms with E-state index in [2.05, 4.69) is 4.72 Å². The third-order valence-corrected chi connectivity index (χ3v) is 5.41. The van der Waals surface area contributed by atoms with Crippen LogP contribution in [0.2, 0.25) is 5.02 Å². The van der Waals surface area contributed by atoms with Crippen LogP contribution in [0.4, 0.5) is 0 Å². The van der Waals surface area contributed by atoms with Gasteiger partial charge in [0, 0.05) is 5.54 Å². The van der Waals surface area contributed by atoms with E-state index in [-0.39, 0.29) is 15.5 Å². The zero-order valence-corrected chi connectivity index (χ0v) is 12.8. The van der Waals surface area contributed by atoms with Crippen molar-refractivity contribution < 1.29 is 8.42 Å². The summed E-state index contributed by atoms with van der Waals surface area (Å²) in [5, 5.41) is 8.95. The van der Waals surface area contributed by atoms with Crippen LogP contribution in [0, 0.1) is 11.3 Å². The van der Waals surface area contributed by atoms with Crippen LogP contribution in [-0.2, 0) is 10.0 Å². The summed E-state index contributed by atoms with van der Waals surface area (Å²) in [6.45, 7) is 5.67. The van der Waals surface area contributed by atoms with Gasteiger partial charge in [-0.2, -0.15) is 5.26 Å². The number of nitrogens with zero attached hydrogens (tertiary/aromatic N) is 1. The smallest absolute Gasteiger partial charge is 0.207 e. The summed E-state index contributed by atoms with van der Waals surface area (Å²) in [5.41, 5.74) is -0.260. The van der Waals surface area contributed by atoms with Gasteiger partial charge in [0.15, 0.2) is 0 Å². The number of nitriles is 1. The average molecular weight is 301 g/mol. The Balaban J connectivity index is 3.25. The summed E-state index contributed by atoms with van der Waals surface area (Å²) < 4.78 is 27.4. The molecule has 1 aromatic carbocycles. The summed E-state index contributed by atoms with van der Waals surface area (Å²) in [5.74, 6) is 0. The van der Waals surface area contributed by atoms with Gasteiger partial charge in [0.2, 0.25) is 10.0 Å². The second-order valence-electron chi connectivity index (χ2n) is 4.63. The van der Waals surface area contributed by atoms with Gasteiger partial charge in [-0.15, -0.1) is 0 Å². The quantitative estimate of drug-likeness (QED) is 0.908. The van der Waals surface area contributed by atoms with Crippen molar-refractivity contribution in [3.05, 3.63) is 28.8 Å². The molecule has 4 nitrogen and oxygen atoms in total. The molecule has 1 rings (SSSR count). The number of hydrogen-bond acceptors (Lipinski definition) is 3. The molecule has 0 aromatic heterocycles. The van der Waals surface area contributed by atoms with Gasteiger partial charge < -0.3 is 0 Å². The molecule has 1 N–H and O–H groups in total. The van der Waals surface area contributed by atoms with Gasteiger partial charge in [-0.3, -0.25) is 0 Å². The van der Waals surface area contributed by atoms with Crippen molar-refractivity contribution in [2.24, 2.45) is 0 Å². The minimum absolute atomic E-state index is 0.0543. The van der Waals surface area contributed by atoms with Crippen molar-refractivity contribution in [3.63, 3.8) is 0 Å². The average Bonchev–Trinajstić information content (AvgIpc) is 2.38. The lowest BCUT2D eigenvalue weighted by Gasteiger charge is -2.28. The normalized spacial score (nSPS) is 12.2. The molecular formula is C13H17ClN2O2S. The van der Waals surface area contributed by atoms with E-state index in [1.165, 1.54) is 18.2 Å². The first-order chi connectivity index (χ1) is 8.78. The van der Waals surface area contributed by atoms with E-state index in [4.69, 9.17) is 16.9 Å². The molecule has 0 heterocycles. The largest absolute Gasteiger partial charge is 0.242 e. The predicted octanol–water partition coefficient (Wildman–Crippen LogP) is 3.07. The Morgan fingerprint density at radius 1 is 1.37 bits per heavy atom. The third kappa shape index (κ3) is 3.69. The molecule has 0 bridgehead atoms. The van der Waals surface area contributed by atoms with Crippen LogP contribution in [0.5, 0.6) is 0 Å². The molecule has 0 atom stereocenters. The Labute approximate surface area is 119 Å². The van der Waals surface area contributed by atoms with Gasteiger partial charge in [0.1, 0.15) is 4.90 Å². The van der Waals surface area contributed by atoms with Crippen molar-refractivity contribution in [1.29, 1.82) is 5.26 Å². The van der Waals surface area contributed by atoms with E-state index >= 15 is 0 Å². The molecule has 0 radical (unpaired) electrons. The van der Waals surface area contributed by atoms with Crippen LogP contribution in [0.3, 0.4) is 0 Å². The molecule has 0 fully saturated rings. The highest BCUT2D eigenvalue weighted by Crippen LogP contribution is 2.25. The Kier molecular flexibility index (Phi) is 4.97. The highest BCUT2D eigenvalue weighted by Gasteiger charge is 2.28. The number of rotatable bonds is 5. The van der Waals surface area contributed by atoms with Crippen LogP contribution < -0.4 is 4.72 Å². The molecule has 0 aliphatic carbocycles. The summed E-state index contributed by atoms with van der Waals surface area (Å²) in [6, 6.07) is 6.10. The van der Waals surface area contributed by atoms with Crippen LogP contribution in [0.1, 0.15) is 39.2 Å². The summed E-state index contributed by atoms with van der Waals surface area (Å²) in [6.07, 6.45) is 1.33. The lowest BCUT2D eigenvalue weighted by molar-refractivity contribution is 0.388. The Morgan fingerprint density at radius 2 is 1.95 bits per heavy atom. The molecule has 1 aromatic rings. The first-order valence-corrected chi connectivity index (χ1v) is 7.87. The topological polar surface area (TPSA) is 70.0 Å². The first kappa shape index (κ1) is 16.0. The van der Waals surface area contributed by atoms with Gasteiger partial charge >= 0.3 is 0 Å². The molecule has 0 aliphatic heterocycles. The first-order valence-electron chi connectivity index (χ1n) is 6.01. The van der Waals surface area contributed by atoms with E-state index < -0.39 is 15.6 Å². The lowest BCUT2D eigenvalue weighted by atomic mass is 9.98. The Hall–Kier alpha value is -1.09. The van der Waals surface area contributed by atoms with Crippen molar-refractivity contribution in [2.45, 2.75) is 44.0 Å². The predicted molar refractivity (Wildman–Crippen MR) is 75.5 cm³/mol. The Morgan fingerprint density at radius 3 is 2.42 bits per heavy atom. The van der Waals surface area contributed by atoms with E-state index in [1.54, 1.807) is 0 Å². The van der Waals surface area contributed by atoms with Crippen LogP contribution >= 0.6 is 11.6 Å². The monoisotopic (exact) mass is 300 g/mol. The highest BCUT2D eigenvalue weighted by molar-refractivity contribution is 7.89. The second-order valence-corrected chi connectivity index (χ2v) is 6.69. The fraction of sp³-hybridized carbons (Fsp3) is 0.462. The number of sulfonamides is 1. The van der Waals surface area contributed by atoms with Gasteiger partial charge in [0.05, 0.1) is 16.7 Å². The molecule has 0 saturated heterocycles. The molecule has 0 spiro atoms. The van der Waals surface area contributed by atoms with E-state index in [0.717, 1.165) is 0 Å². The lowest BCUT2D eigenvalue weighted by Crippen LogP contribution is -2.44. The maximum absolute atomic E-state index is 12.3. The number of halogens is 1. The number of nitrogens with one attached hydrogen (secondary N) is 1. The molecule has 0 saturated carbocycles. The van der Waals surface area contributed by atoms with Crippen LogP contribution in [0.25, 0.3) is 0 Å². The van der Waals surface area contributed by atoms with Gasteiger partial charge in [-0.1, -0.05) is 25.4 Å². The number of hydrogen-bond donors (Lipinski definition) is 1. The second kappa shape index (κ2) is 5.91. The molecular weight excluding hydrogens is 284 g/mol. The third-order valence-electron chi connectivity index (χ3n) is 3.29. The molecule has 0 aliphatic rings. The van der Waals surface area contributed by atoms with Gasteiger partial charge in [0.25, 0.3) is 0 Å². The zero-order chi connectivity index (χ0) is 14.7. The molecule has 0 unspecified atom stereocenters. The maximum atomic E-state index is 12.3. The van der Waals surface area contributed by atoms with Crippen molar-refractivity contribution in [1.82, 2.24) is 4.72 Å². The van der Waals surface area contributed by atoms with Crippen molar-refractivity contribution >= 4 is 21.6 Å². The summed E-state index contributed by atoms with van der Waals surface area (Å²) >= 11 is 5.92. The molecule has 0 amide bonds. The molecule has 104 valence electrons. The summed E-state index contributed by atoms with van der Waals surface area (Å²) in [7, 11) is -3.74. The fourth-order valence-corrected chi connectivity index (χ4v) is 3.63. The summed E-state index contributed by atoms with van der Waals surface area (Å²) in [4.78, 5) is -0.0543. The van der Waals surface area contributed by atoms with Crippen molar-refractivity contribution in [3.8, 4) is 6.07 Å². The zero-order valence-electron chi connectivity index (χ0n) is 11.2. The van der Waals surface area contributed by atoms with E-state index in [0.29, 0.717) is 12.8 Å². The minimum atomic E-state index is -3.74. The van der Waals surface area contributed by atoms with Gasteiger partial charge in [-0.05, 0) is 38.0 Å². The van der Waals surface area contributed by atoms with E-state index in [9.17, 15) is 8.42 Å². The van der Waals surface area contributed by atoms with Crippen molar-refractivity contribution in [2.75, 3.05) is 0 Å².